The number of nitrogens with one attached hydrogen (secondary N) is 1. The van der Waals surface area contributed by atoms with Crippen LogP contribution in [-0.2, 0) is 0 Å². The molecule has 1 unspecified atom stereocenters. The third-order valence-corrected chi connectivity index (χ3v) is 3.36. The minimum absolute atomic E-state index is 0.183. The molecule has 0 aliphatic heterocycles. The van der Waals surface area contributed by atoms with E-state index in [9.17, 15) is 13.2 Å². The van der Waals surface area contributed by atoms with Gasteiger partial charge < -0.3 is 5.32 Å². The SMILES string of the molecule is CC(Nc1cc(Br)c(F)cc1F)c1ccc(F)cc1. The van der Waals surface area contributed by atoms with Gasteiger partial charge in [0.25, 0.3) is 0 Å². The van der Waals surface area contributed by atoms with Crippen molar-refractivity contribution in [3.05, 3.63) is 63.9 Å². The van der Waals surface area contributed by atoms with Crippen LogP contribution in [0, 0.1) is 17.5 Å². The maximum atomic E-state index is 13.6. The van der Waals surface area contributed by atoms with Gasteiger partial charge in [0.2, 0.25) is 0 Å². The van der Waals surface area contributed by atoms with Gasteiger partial charge in [0, 0.05) is 12.1 Å². The van der Waals surface area contributed by atoms with Crippen molar-refractivity contribution < 1.29 is 13.2 Å². The Balaban J connectivity index is 2.21. The van der Waals surface area contributed by atoms with E-state index in [1.165, 1.54) is 18.2 Å². The van der Waals surface area contributed by atoms with Crippen LogP contribution < -0.4 is 5.32 Å². The molecule has 0 spiro atoms. The Kier molecular flexibility index (Phi) is 4.14. The summed E-state index contributed by atoms with van der Waals surface area (Å²) in [5.74, 6) is -1.65. The normalized spacial score (nSPS) is 12.3. The lowest BCUT2D eigenvalue weighted by Crippen LogP contribution is -2.08. The smallest absolute Gasteiger partial charge is 0.149 e. The standard InChI is InChI=1S/C14H11BrF3N/c1-8(9-2-4-10(16)5-3-9)19-14-6-11(15)12(17)7-13(14)18/h2-8,19H,1H3. The van der Waals surface area contributed by atoms with Crippen molar-refractivity contribution in [1.82, 2.24) is 0 Å². The number of hydrogen-bond acceptors (Lipinski definition) is 1. The summed E-state index contributed by atoms with van der Waals surface area (Å²) in [6, 6.07) is 7.82. The maximum absolute atomic E-state index is 13.6. The monoisotopic (exact) mass is 329 g/mol. The van der Waals surface area contributed by atoms with Gasteiger partial charge in [-0.25, -0.2) is 13.2 Å². The molecule has 1 N–H and O–H groups in total. The fourth-order valence-corrected chi connectivity index (χ4v) is 2.04. The van der Waals surface area contributed by atoms with Gasteiger partial charge >= 0.3 is 0 Å². The van der Waals surface area contributed by atoms with E-state index in [0.717, 1.165) is 11.6 Å². The zero-order valence-electron chi connectivity index (χ0n) is 10.1. The Hall–Kier alpha value is -1.49. The van der Waals surface area contributed by atoms with Crippen LogP contribution in [0.5, 0.6) is 0 Å². The number of hydrogen-bond donors (Lipinski definition) is 1. The Morgan fingerprint density at radius 2 is 1.63 bits per heavy atom. The van der Waals surface area contributed by atoms with Crippen LogP contribution in [0.1, 0.15) is 18.5 Å². The summed E-state index contributed by atoms with van der Waals surface area (Å²) in [7, 11) is 0. The van der Waals surface area contributed by atoms with Crippen LogP contribution in [0.4, 0.5) is 18.9 Å². The van der Waals surface area contributed by atoms with Gasteiger partial charge in [0.1, 0.15) is 17.5 Å². The van der Waals surface area contributed by atoms with E-state index >= 15 is 0 Å². The van der Waals surface area contributed by atoms with E-state index < -0.39 is 11.6 Å². The van der Waals surface area contributed by atoms with Gasteiger partial charge in [-0.05, 0) is 46.6 Å². The van der Waals surface area contributed by atoms with E-state index in [0.29, 0.717) is 0 Å². The first-order valence-corrected chi connectivity index (χ1v) is 6.43. The van der Waals surface area contributed by atoms with Gasteiger partial charge in [-0.1, -0.05) is 12.1 Å². The first-order valence-electron chi connectivity index (χ1n) is 5.64. The molecule has 0 saturated carbocycles. The molecule has 0 saturated heterocycles. The molecule has 0 fully saturated rings. The minimum atomic E-state index is -0.672. The predicted molar refractivity (Wildman–Crippen MR) is 72.5 cm³/mol. The Labute approximate surface area is 117 Å². The largest absolute Gasteiger partial charge is 0.376 e. The molecule has 0 bridgehead atoms. The average Bonchev–Trinajstić information content (AvgIpc) is 2.36. The molecule has 1 nitrogen and oxygen atoms in total. The number of halogens is 4. The zero-order chi connectivity index (χ0) is 14.0. The first kappa shape index (κ1) is 13.9. The molecule has 5 heteroatoms. The van der Waals surface area contributed by atoms with Gasteiger partial charge in [0.15, 0.2) is 0 Å². The van der Waals surface area contributed by atoms with E-state index in [1.54, 1.807) is 12.1 Å². The Morgan fingerprint density at radius 1 is 1.00 bits per heavy atom. The molecule has 19 heavy (non-hydrogen) atoms. The molecule has 100 valence electrons. The second-order valence-electron chi connectivity index (χ2n) is 4.16. The van der Waals surface area contributed by atoms with E-state index in [2.05, 4.69) is 21.2 Å². The molecule has 2 aromatic carbocycles. The van der Waals surface area contributed by atoms with Crippen LogP contribution >= 0.6 is 15.9 Å². The first-order chi connectivity index (χ1) is 8.97. The van der Waals surface area contributed by atoms with E-state index in [-0.39, 0.29) is 22.0 Å². The fourth-order valence-electron chi connectivity index (χ4n) is 1.70. The van der Waals surface area contributed by atoms with Crippen LogP contribution in [0.15, 0.2) is 40.9 Å². The highest BCUT2D eigenvalue weighted by Crippen LogP contribution is 2.27. The molecule has 0 radical (unpaired) electrons. The molecular weight excluding hydrogens is 319 g/mol. The second kappa shape index (κ2) is 5.65. The molecule has 0 aliphatic rings. The number of benzene rings is 2. The van der Waals surface area contributed by atoms with Crippen molar-refractivity contribution in [2.75, 3.05) is 5.32 Å². The third kappa shape index (κ3) is 3.29. The highest BCUT2D eigenvalue weighted by atomic mass is 79.9. The molecule has 0 aliphatic carbocycles. The lowest BCUT2D eigenvalue weighted by Gasteiger charge is -2.16. The summed E-state index contributed by atoms with van der Waals surface area (Å²) in [6.45, 7) is 1.81. The van der Waals surface area contributed by atoms with Crippen LogP contribution in [0.2, 0.25) is 0 Å². The lowest BCUT2D eigenvalue weighted by molar-refractivity contribution is 0.579. The van der Waals surface area contributed by atoms with Crippen LogP contribution in [-0.4, -0.2) is 0 Å². The van der Waals surface area contributed by atoms with Crippen molar-refractivity contribution in [3.8, 4) is 0 Å². The van der Waals surface area contributed by atoms with Crippen molar-refractivity contribution in [2.24, 2.45) is 0 Å². The Morgan fingerprint density at radius 3 is 2.26 bits per heavy atom. The highest BCUT2D eigenvalue weighted by Gasteiger charge is 2.11. The highest BCUT2D eigenvalue weighted by molar-refractivity contribution is 9.10. The van der Waals surface area contributed by atoms with Crippen molar-refractivity contribution in [2.45, 2.75) is 13.0 Å². The van der Waals surface area contributed by atoms with Gasteiger partial charge in [-0.3, -0.25) is 0 Å². The maximum Gasteiger partial charge on any atom is 0.149 e. The van der Waals surface area contributed by atoms with E-state index in [1.807, 2.05) is 6.92 Å². The zero-order valence-corrected chi connectivity index (χ0v) is 11.6. The van der Waals surface area contributed by atoms with Gasteiger partial charge in [0.05, 0.1) is 10.2 Å². The fraction of sp³-hybridized carbons (Fsp3) is 0.143. The van der Waals surface area contributed by atoms with Crippen molar-refractivity contribution >= 4 is 21.6 Å². The van der Waals surface area contributed by atoms with Crippen molar-refractivity contribution in [1.29, 1.82) is 0 Å². The summed E-state index contributed by atoms with van der Waals surface area (Å²) < 4.78 is 39.7. The van der Waals surface area contributed by atoms with Crippen LogP contribution in [0.3, 0.4) is 0 Å². The number of anilines is 1. The Bertz CT molecular complexity index is 584. The third-order valence-electron chi connectivity index (χ3n) is 2.75. The molecule has 1 atom stereocenters. The lowest BCUT2D eigenvalue weighted by atomic mass is 10.1. The van der Waals surface area contributed by atoms with E-state index in [4.69, 9.17) is 0 Å². The predicted octanol–water partition coefficient (Wildman–Crippen LogP) is 5.04. The molecule has 2 aromatic rings. The molecule has 0 heterocycles. The average molecular weight is 330 g/mol. The van der Waals surface area contributed by atoms with Crippen LogP contribution in [0.25, 0.3) is 0 Å². The molecule has 2 rings (SSSR count). The minimum Gasteiger partial charge on any atom is -0.376 e. The van der Waals surface area contributed by atoms with Crippen molar-refractivity contribution in [3.63, 3.8) is 0 Å². The second-order valence-corrected chi connectivity index (χ2v) is 5.02. The van der Waals surface area contributed by atoms with Gasteiger partial charge in [-0.2, -0.15) is 0 Å². The summed E-state index contributed by atoms with van der Waals surface area (Å²) in [5.41, 5.74) is 0.992. The topological polar surface area (TPSA) is 12.0 Å². The number of rotatable bonds is 3. The molecule has 0 amide bonds. The van der Waals surface area contributed by atoms with Gasteiger partial charge in [-0.15, -0.1) is 0 Å². The quantitative estimate of drug-likeness (QED) is 0.778. The summed E-state index contributed by atoms with van der Waals surface area (Å²) in [6.07, 6.45) is 0. The molecular formula is C14H11BrF3N. The molecule has 0 aromatic heterocycles. The summed E-state index contributed by atoms with van der Waals surface area (Å²) in [5, 5.41) is 2.92. The summed E-state index contributed by atoms with van der Waals surface area (Å²) in [4.78, 5) is 0. The summed E-state index contributed by atoms with van der Waals surface area (Å²) >= 11 is 3.00.